The van der Waals surface area contributed by atoms with Crippen molar-refractivity contribution in [2.24, 2.45) is 0 Å². The number of ether oxygens (including phenoxy) is 1. The molecular formula is C28H30N4O3. The average molecular weight is 471 g/mol. The van der Waals surface area contributed by atoms with Crippen LogP contribution in [0.2, 0.25) is 0 Å². The second-order valence-corrected chi connectivity index (χ2v) is 8.16. The van der Waals surface area contributed by atoms with Crippen LogP contribution in [0.25, 0.3) is 11.0 Å². The van der Waals surface area contributed by atoms with Crippen LogP contribution in [0, 0.1) is 0 Å². The monoisotopic (exact) mass is 470 g/mol. The molecule has 0 fully saturated rings. The van der Waals surface area contributed by atoms with Gasteiger partial charge in [0.05, 0.1) is 18.1 Å². The number of rotatable bonds is 10. The van der Waals surface area contributed by atoms with Gasteiger partial charge in [-0.2, -0.15) is 0 Å². The molecule has 0 unspecified atom stereocenters. The Morgan fingerprint density at radius 2 is 1.69 bits per heavy atom. The number of aryl methyl sites for hydroxylation is 1. The Hall–Kier alpha value is -4.13. The molecule has 0 saturated heterocycles. The minimum absolute atomic E-state index is 0.0101. The van der Waals surface area contributed by atoms with Gasteiger partial charge >= 0.3 is 0 Å². The van der Waals surface area contributed by atoms with Crippen LogP contribution in [0.4, 0.5) is 5.69 Å². The van der Waals surface area contributed by atoms with Gasteiger partial charge in [0.15, 0.2) is 0 Å². The topological polar surface area (TPSA) is 76.5 Å². The van der Waals surface area contributed by atoms with Crippen molar-refractivity contribution in [1.82, 2.24) is 14.9 Å². The van der Waals surface area contributed by atoms with Crippen molar-refractivity contribution in [3.8, 4) is 5.75 Å². The van der Waals surface area contributed by atoms with Crippen molar-refractivity contribution in [2.75, 3.05) is 25.1 Å². The fourth-order valence-electron chi connectivity index (χ4n) is 4.12. The smallest absolute Gasteiger partial charge is 0.251 e. The van der Waals surface area contributed by atoms with Crippen LogP contribution in [0.15, 0.2) is 78.9 Å². The molecule has 0 spiro atoms. The predicted molar refractivity (Wildman–Crippen MR) is 138 cm³/mol. The van der Waals surface area contributed by atoms with E-state index < -0.39 is 0 Å². The van der Waals surface area contributed by atoms with Gasteiger partial charge in [0, 0.05) is 30.8 Å². The molecule has 1 heterocycles. The number of para-hydroxylation sites is 3. The summed E-state index contributed by atoms with van der Waals surface area (Å²) in [5, 5.41) is 2.96. The molecule has 4 rings (SSSR count). The summed E-state index contributed by atoms with van der Waals surface area (Å²) >= 11 is 0. The summed E-state index contributed by atoms with van der Waals surface area (Å²) in [7, 11) is 1.59. The van der Waals surface area contributed by atoms with E-state index in [0.29, 0.717) is 37.2 Å². The van der Waals surface area contributed by atoms with Crippen LogP contribution in [-0.2, 0) is 17.8 Å². The van der Waals surface area contributed by atoms with E-state index in [4.69, 9.17) is 9.72 Å². The number of anilines is 1. The highest BCUT2D eigenvalue weighted by Gasteiger charge is 2.18. The van der Waals surface area contributed by atoms with Crippen molar-refractivity contribution >= 4 is 28.5 Å². The molecule has 4 aromatic rings. The lowest BCUT2D eigenvalue weighted by Gasteiger charge is -2.22. The van der Waals surface area contributed by atoms with Gasteiger partial charge < -0.3 is 19.5 Å². The first kappa shape index (κ1) is 24.0. The largest absolute Gasteiger partial charge is 0.497 e. The van der Waals surface area contributed by atoms with Gasteiger partial charge in [-0.25, -0.2) is 4.98 Å². The molecule has 7 heteroatoms. The molecule has 0 bridgehead atoms. The second-order valence-electron chi connectivity index (χ2n) is 8.16. The van der Waals surface area contributed by atoms with E-state index in [1.165, 1.54) is 0 Å². The molecule has 35 heavy (non-hydrogen) atoms. The van der Waals surface area contributed by atoms with Crippen LogP contribution < -0.4 is 15.0 Å². The molecule has 0 saturated carbocycles. The summed E-state index contributed by atoms with van der Waals surface area (Å²) in [5.74, 6) is 1.43. The third-order valence-corrected chi connectivity index (χ3v) is 5.93. The molecule has 1 aromatic heterocycles. The minimum atomic E-state index is -0.127. The normalized spacial score (nSPS) is 10.8. The predicted octanol–water partition coefficient (Wildman–Crippen LogP) is 4.46. The lowest BCUT2D eigenvalue weighted by atomic mass is 10.2. The zero-order valence-corrected chi connectivity index (χ0v) is 20.1. The number of hydrogen-bond donors (Lipinski definition) is 1. The lowest BCUT2D eigenvalue weighted by molar-refractivity contribution is -0.119. The minimum Gasteiger partial charge on any atom is -0.497 e. The van der Waals surface area contributed by atoms with E-state index >= 15 is 0 Å². The SMILES string of the molecule is CCN(C(=O)Cn1c(CCCNC(=O)c2ccc(OC)cc2)nc2ccccc21)c1ccccc1. The lowest BCUT2D eigenvalue weighted by Crippen LogP contribution is -2.34. The number of hydrogen-bond acceptors (Lipinski definition) is 4. The van der Waals surface area contributed by atoms with Crippen molar-refractivity contribution in [3.63, 3.8) is 0 Å². The molecule has 3 aromatic carbocycles. The summed E-state index contributed by atoms with van der Waals surface area (Å²) in [6.07, 6.45) is 1.35. The number of carbonyl (C=O) groups is 2. The Labute approximate surface area is 205 Å². The maximum Gasteiger partial charge on any atom is 0.251 e. The number of benzene rings is 3. The summed E-state index contributed by atoms with van der Waals surface area (Å²) in [5.41, 5.74) is 3.26. The summed E-state index contributed by atoms with van der Waals surface area (Å²) in [6, 6.07) is 24.6. The molecule has 0 radical (unpaired) electrons. The van der Waals surface area contributed by atoms with E-state index in [-0.39, 0.29) is 18.4 Å². The molecule has 2 amide bonds. The van der Waals surface area contributed by atoms with Gasteiger partial charge in [0.25, 0.3) is 5.91 Å². The van der Waals surface area contributed by atoms with Crippen LogP contribution >= 0.6 is 0 Å². The van der Waals surface area contributed by atoms with Crippen molar-refractivity contribution in [2.45, 2.75) is 26.3 Å². The number of methoxy groups -OCH3 is 1. The molecular weight excluding hydrogens is 440 g/mol. The summed E-state index contributed by atoms with van der Waals surface area (Å²) in [4.78, 5) is 32.3. The molecule has 7 nitrogen and oxygen atoms in total. The average Bonchev–Trinajstić information content (AvgIpc) is 3.24. The van der Waals surface area contributed by atoms with Crippen molar-refractivity contribution in [3.05, 3.63) is 90.3 Å². The number of fused-ring (bicyclic) bond motifs is 1. The molecule has 0 atom stereocenters. The fourth-order valence-corrected chi connectivity index (χ4v) is 4.12. The van der Waals surface area contributed by atoms with E-state index in [1.54, 1.807) is 36.3 Å². The number of carbonyl (C=O) groups excluding carboxylic acids is 2. The molecule has 0 aliphatic heterocycles. The number of nitrogens with one attached hydrogen (secondary N) is 1. The molecule has 180 valence electrons. The van der Waals surface area contributed by atoms with E-state index in [0.717, 1.165) is 22.5 Å². The highest BCUT2D eigenvalue weighted by molar-refractivity contribution is 5.94. The third kappa shape index (κ3) is 5.69. The maximum absolute atomic E-state index is 13.3. The second kappa shape index (κ2) is 11.3. The number of amides is 2. The Balaban J connectivity index is 1.43. The van der Waals surface area contributed by atoms with Crippen LogP contribution in [0.3, 0.4) is 0 Å². The van der Waals surface area contributed by atoms with Gasteiger partial charge in [-0.05, 0) is 61.9 Å². The van der Waals surface area contributed by atoms with Crippen LogP contribution in [0.5, 0.6) is 5.75 Å². The quantitative estimate of drug-likeness (QED) is 0.347. The Kier molecular flexibility index (Phi) is 7.77. The van der Waals surface area contributed by atoms with Gasteiger partial charge in [0.1, 0.15) is 18.1 Å². The van der Waals surface area contributed by atoms with E-state index in [9.17, 15) is 9.59 Å². The standard InChI is InChI=1S/C28H30N4O3/c1-3-31(22-10-5-4-6-11-22)27(33)20-32-25-13-8-7-12-24(25)30-26(32)14-9-19-29-28(34)21-15-17-23(35-2)18-16-21/h4-8,10-13,15-18H,3,9,14,19-20H2,1-2H3,(H,29,34). The van der Waals surface area contributed by atoms with Crippen molar-refractivity contribution in [1.29, 1.82) is 0 Å². The molecule has 0 aliphatic rings. The zero-order chi connectivity index (χ0) is 24.6. The Morgan fingerprint density at radius 1 is 0.971 bits per heavy atom. The fraction of sp³-hybridized carbons (Fsp3) is 0.250. The summed E-state index contributed by atoms with van der Waals surface area (Å²) in [6.45, 7) is 3.27. The Bertz CT molecular complexity index is 1280. The first-order valence-corrected chi connectivity index (χ1v) is 11.8. The van der Waals surface area contributed by atoms with E-state index in [1.807, 2.05) is 66.1 Å². The highest BCUT2D eigenvalue weighted by Crippen LogP contribution is 2.20. The van der Waals surface area contributed by atoms with Crippen LogP contribution in [0.1, 0.15) is 29.5 Å². The van der Waals surface area contributed by atoms with Gasteiger partial charge in [0.2, 0.25) is 5.91 Å². The van der Waals surface area contributed by atoms with Crippen molar-refractivity contribution < 1.29 is 14.3 Å². The number of nitrogens with zero attached hydrogens (tertiary/aromatic N) is 3. The third-order valence-electron chi connectivity index (χ3n) is 5.93. The Morgan fingerprint density at radius 3 is 2.40 bits per heavy atom. The number of aromatic nitrogens is 2. The van der Waals surface area contributed by atoms with E-state index in [2.05, 4.69) is 5.32 Å². The number of likely N-dealkylation sites (N-methyl/N-ethyl adjacent to an activating group) is 1. The highest BCUT2D eigenvalue weighted by atomic mass is 16.5. The first-order chi connectivity index (χ1) is 17.1. The van der Waals surface area contributed by atoms with Gasteiger partial charge in [-0.3, -0.25) is 9.59 Å². The maximum atomic E-state index is 13.3. The summed E-state index contributed by atoms with van der Waals surface area (Å²) < 4.78 is 7.13. The molecule has 0 aliphatic carbocycles. The number of imidazole rings is 1. The van der Waals surface area contributed by atoms with Crippen LogP contribution in [-0.4, -0.2) is 41.6 Å². The van der Waals surface area contributed by atoms with Gasteiger partial charge in [-0.1, -0.05) is 30.3 Å². The first-order valence-electron chi connectivity index (χ1n) is 11.8. The van der Waals surface area contributed by atoms with Gasteiger partial charge in [-0.15, -0.1) is 0 Å². The molecule has 1 N–H and O–H groups in total. The zero-order valence-electron chi connectivity index (χ0n) is 20.1.